The Kier molecular flexibility index (Phi) is 7.96. The number of aromatic nitrogens is 3. The topological polar surface area (TPSA) is 80.1 Å². The van der Waals surface area contributed by atoms with Crippen molar-refractivity contribution in [3.8, 4) is 0 Å². The minimum atomic E-state index is -1.00. The van der Waals surface area contributed by atoms with E-state index >= 15 is 0 Å². The minimum absolute atomic E-state index is 0.169. The number of halogens is 1. The number of carbonyl (C=O) groups excluding carboxylic acids is 2. The van der Waals surface area contributed by atoms with Crippen LogP contribution in [0.1, 0.15) is 43.0 Å². The summed E-state index contributed by atoms with van der Waals surface area (Å²) in [5.74, 6) is -0.794. The maximum absolute atomic E-state index is 14.7. The lowest BCUT2D eigenvalue weighted by Crippen LogP contribution is -2.45. The van der Waals surface area contributed by atoms with E-state index in [1.807, 2.05) is 55.5 Å². The van der Waals surface area contributed by atoms with Gasteiger partial charge in [0.15, 0.2) is 0 Å². The van der Waals surface area contributed by atoms with Crippen LogP contribution >= 0.6 is 0 Å². The van der Waals surface area contributed by atoms with Crippen LogP contribution < -0.4 is 10.2 Å². The first-order chi connectivity index (χ1) is 17.7. The summed E-state index contributed by atoms with van der Waals surface area (Å²) in [6.45, 7) is 8.07. The summed E-state index contributed by atoms with van der Waals surface area (Å²) < 4.78 is 16.2. The minimum Gasteiger partial charge on any atom is -0.354 e. The second kappa shape index (κ2) is 11.3. The van der Waals surface area contributed by atoms with E-state index < -0.39 is 17.8 Å². The zero-order valence-corrected chi connectivity index (χ0v) is 21.6. The Morgan fingerprint density at radius 2 is 1.76 bits per heavy atom. The van der Waals surface area contributed by atoms with Crippen LogP contribution in [0.15, 0.2) is 66.7 Å². The molecule has 1 N–H and O–H groups in total. The molecule has 1 aromatic heterocycles. The van der Waals surface area contributed by atoms with E-state index in [9.17, 15) is 14.0 Å². The zero-order valence-electron chi connectivity index (χ0n) is 21.6. The average Bonchev–Trinajstić information content (AvgIpc) is 3.27. The van der Waals surface area contributed by atoms with Crippen molar-refractivity contribution in [1.82, 2.24) is 20.3 Å². The van der Waals surface area contributed by atoms with Gasteiger partial charge in [0.1, 0.15) is 23.9 Å². The molecule has 2 amide bonds. The molecule has 1 atom stereocenters. The molecule has 0 spiro atoms. The fraction of sp³-hybridized carbons (Fsp3) is 0.310. The Bertz CT molecular complexity index is 1400. The van der Waals surface area contributed by atoms with Crippen molar-refractivity contribution < 1.29 is 14.0 Å². The van der Waals surface area contributed by atoms with Gasteiger partial charge in [0, 0.05) is 12.2 Å². The molecule has 0 saturated heterocycles. The number of aryl methyl sites for hydroxylation is 2. The van der Waals surface area contributed by atoms with E-state index in [0.29, 0.717) is 40.3 Å². The molecule has 0 radical (unpaired) electrons. The number of nitrogens with zero attached hydrogens (tertiary/aromatic N) is 4. The highest BCUT2D eigenvalue weighted by Crippen LogP contribution is 2.30. The lowest BCUT2D eigenvalue weighted by molar-refractivity contribution is -0.127. The first-order valence-electron chi connectivity index (χ1n) is 12.5. The molecule has 0 saturated carbocycles. The number of fused-ring (bicyclic) bond motifs is 1. The number of para-hydroxylation sites is 1. The normalized spacial score (nSPS) is 12.1. The molecule has 0 fully saturated rings. The lowest BCUT2D eigenvalue weighted by Gasteiger charge is -2.32. The van der Waals surface area contributed by atoms with Gasteiger partial charge in [-0.15, -0.1) is 5.10 Å². The number of nitrogens with one attached hydrogen (secondary N) is 1. The van der Waals surface area contributed by atoms with Crippen LogP contribution in [0.3, 0.4) is 0 Å². The molecule has 192 valence electrons. The number of anilines is 1. The summed E-state index contributed by atoms with van der Waals surface area (Å²) in [6, 6.07) is 18.4. The highest BCUT2D eigenvalue weighted by Gasteiger charge is 2.33. The van der Waals surface area contributed by atoms with E-state index in [2.05, 4.69) is 29.5 Å². The third-order valence-corrected chi connectivity index (χ3v) is 6.33. The highest BCUT2D eigenvalue weighted by molar-refractivity contribution is 6.01. The first kappa shape index (κ1) is 26.0. The summed E-state index contributed by atoms with van der Waals surface area (Å²) in [5, 5.41) is 11.3. The zero-order chi connectivity index (χ0) is 26.5. The summed E-state index contributed by atoms with van der Waals surface area (Å²) >= 11 is 0. The number of hydrogen-bond acceptors (Lipinski definition) is 4. The maximum Gasteiger partial charge on any atom is 0.249 e. The predicted octanol–water partition coefficient (Wildman–Crippen LogP) is 5.12. The van der Waals surface area contributed by atoms with Crippen molar-refractivity contribution >= 4 is 28.5 Å². The van der Waals surface area contributed by atoms with Gasteiger partial charge < -0.3 is 5.32 Å². The molecule has 7 nitrogen and oxygen atoms in total. The Morgan fingerprint density at radius 1 is 1.03 bits per heavy atom. The second-order valence-electron chi connectivity index (χ2n) is 9.72. The van der Waals surface area contributed by atoms with Gasteiger partial charge in [0.2, 0.25) is 11.8 Å². The van der Waals surface area contributed by atoms with Gasteiger partial charge in [-0.05, 0) is 61.6 Å². The summed E-state index contributed by atoms with van der Waals surface area (Å²) in [5.41, 5.74) is 3.75. The van der Waals surface area contributed by atoms with Gasteiger partial charge >= 0.3 is 0 Å². The third kappa shape index (κ3) is 6.02. The fourth-order valence-corrected chi connectivity index (χ4v) is 4.15. The van der Waals surface area contributed by atoms with Crippen molar-refractivity contribution in [3.63, 3.8) is 0 Å². The van der Waals surface area contributed by atoms with Gasteiger partial charge in [-0.2, -0.15) is 0 Å². The Morgan fingerprint density at radius 3 is 2.46 bits per heavy atom. The number of benzene rings is 3. The van der Waals surface area contributed by atoms with Crippen LogP contribution in [0.4, 0.5) is 10.1 Å². The van der Waals surface area contributed by atoms with Crippen molar-refractivity contribution in [2.24, 2.45) is 5.92 Å². The van der Waals surface area contributed by atoms with Gasteiger partial charge in [0.25, 0.3) is 0 Å². The molecule has 0 bridgehead atoms. The third-order valence-electron chi connectivity index (χ3n) is 6.33. The lowest BCUT2D eigenvalue weighted by atomic mass is 10.0. The quantitative estimate of drug-likeness (QED) is 0.345. The Labute approximate surface area is 216 Å². The molecule has 4 rings (SSSR count). The molecule has 0 aliphatic carbocycles. The van der Waals surface area contributed by atoms with E-state index in [1.165, 1.54) is 15.6 Å². The Hall–Kier alpha value is -4.07. The van der Waals surface area contributed by atoms with Crippen molar-refractivity contribution in [2.45, 2.75) is 46.7 Å². The number of amides is 2. The monoisotopic (exact) mass is 501 g/mol. The van der Waals surface area contributed by atoms with Crippen LogP contribution in [0, 0.1) is 25.6 Å². The van der Waals surface area contributed by atoms with Crippen LogP contribution in [0.25, 0.3) is 11.0 Å². The van der Waals surface area contributed by atoms with Crippen molar-refractivity contribution in [3.05, 3.63) is 89.2 Å². The molecule has 0 unspecified atom stereocenters. The predicted molar refractivity (Wildman–Crippen MR) is 143 cm³/mol. The number of hydrogen-bond donors (Lipinski definition) is 1. The van der Waals surface area contributed by atoms with Gasteiger partial charge in [-0.3, -0.25) is 14.5 Å². The van der Waals surface area contributed by atoms with E-state index in [-0.39, 0.29) is 12.5 Å². The van der Waals surface area contributed by atoms with Gasteiger partial charge in [0.05, 0.1) is 5.52 Å². The molecular formula is C29H32FN5O2. The van der Waals surface area contributed by atoms with Gasteiger partial charge in [-0.1, -0.05) is 67.1 Å². The highest BCUT2D eigenvalue weighted by atomic mass is 19.1. The van der Waals surface area contributed by atoms with E-state index in [1.54, 1.807) is 19.1 Å². The van der Waals surface area contributed by atoms with Crippen molar-refractivity contribution in [1.29, 1.82) is 0 Å². The average molecular weight is 502 g/mol. The van der Waals surface area contributed by atoms with Crippen LogP contribution in [0.5, 0.6) is 0 Å². The van der Waals surface area contributed by atoms with Crippen LogP contribution in [-0.2, 0) is 16.1 Å². The maximum atomic E-state index is 14.7. The van der Waals surface area contributed by atoms with Crippen LogP contribution in [0.2, 0.25) is 0 Å². The molecule has 0 aliphatic heterocycles. The smallest absolute Gasteiger partial charge is 0.249 e. The summed E-state index contributed by atoms with van der Waals surface area (Å²) in [7, 11) is 0. The summed E-state index contributed by atoms with van der Waals surface area (Å²) in [6.07, 6.45) is 0.796. The molecule has 4 aromatic rings. The van der Waals surface area contributed by atoms with E-state index in [0.717, 1.165) is 12.0 Å². The van der Waals surface area contributed by atoms with E-state index in [4.69, 9.17) is 0 Å². The second-order valence-corrected chi connectivity index (χ2v) is 9.72. The molecule has 1 heterocycles. The molecular weight excluding hydrogens is 469 g/mol. The standard InChI is InChI=1S/C29H32FN5O2/c1-19(2)15-16-31-29(37)28(22-12-9-20(3)10-13-22)35(23-14-11-21(4)24(30)17-23)27(36)18-34-26-8-6-5-7-25(26)32-33-34/h5-14,17,19,28H,15-16,18H2,1-4H3,(H,31,37)/t28-/m0/s1. The number of rotatable bonds is 9. The summed E-state index contributed by atoms with van der Waals surface area (Å²) in [4.78, 5) is 29.0. The fourth-order valence-electron chi connectivity index (χ4n) is 4.15. The first-order valence-corrected chi connectivity index (χ1v) is 12.5. The molecule has 37 heavy (non-hydrogen) atoms. The van der Waals surface area contributed by atoms with Crippen LogP contribution in [-0.4, -0.2) is 33.4 Å². The van der Waals surface area contributed by atoms with Gasteiger partial charge in [-0.25, -0.2) is 9.07 Å². The van der Waals surface area contributed by atoms with Crippen molar-refractivity contribution in [2.75, 3.05) is 11.4 Å². The molecule has 3 aromatic carbocycles. The molecule has 8 heteroatoms. The SMILES string of the molecule is Cc1ccc([C@@H](C(=O)NCCC(C)C)N(C(=O)Cn2nnc3ccccc32)c2ccc(C)c(F)c2)cc1. The Balaban J connectivity index is 1.78. The largest absolute Gasteiger partial charge is 0.354 e. The number of carbonyl (C=O) groups is 2. The molecule has 0 aliphatic rings.